The first-order chi connectivity index (χ1) is 10.3. The van der Waals surface area contributed by atoms with Crippen molar-refractivity contribution in [2.75, 3.05) is 7.05 Å². The van der Waals surface area contributed by atoms with Crippen LogP contribution in [0.5, 0.6) is 0 Å². The van der Waals surface area contributed by atoms with Gasteiger partial charge in [0.15, 0.2) is 0 Å². The van der Waals surface area contributed by atoms with Crippen LogP contribution in [0.2, 0.25) is 0 Å². The lowest BCUT2D eigenvalue weighted by Gasteiger charge is -2.23. The molecule has 4 heteroatoms. The monoisotopic (exact) mass is 318 g/mol. The van der Waals surface area contributed by atoms with E-state index in [9.17, 15) is 5.11 Å². The number of benzene rings is 1. The van der Waals surface area contributed by atoms with Crippen molar-refractivity contribution >= 4 is 11.3 Å². The van der Waals surface area contributed by atoms with Crippen LogP contribution >= 0.6 is 11.3 Å². The Morgan fingerprint density at radius 3 is 2.41 bits per heavy atom. The minimum Gasteiger partial charge on any atom is -0.390 e. The second kappa shape index (κ2) is 7.36. The molecule has 0 saturated heterocycles. The maximum atomic E-state index is 9.79. The molecule has 2 aromatic rings. The van der Waals surface area contributed by atoms with Gasteiger partial charge in [-0.15, -0.1) is 11.3 Å². The van der Waals surface area contributed by atoms with Crippen LogP contribution in [0.15, 0.2) is 35.8 Å². The topological polar surface area (TPSA) is 36.4 Å². The Balaban J connectivity index is 1.90. The summed E-state index contributed by atoms with van der Waals surface area (Å²) >= 11 is 1.70. The van der Waals surface area contributed by atoms with Crippen molar-refractivity contribution in [2.45, 2.75) is 51.8 Å². The summed E-state index contributed by atoms with van der Waals surface area (Å²) in [4.78, 5) is 6.70. The Labute approximate surface area is 137 Å². The average Bonchev–Trinajstić information content (AvgIpc) is 2.99. The van der Waals surface area contributed by atoms with Gasteiger partial charge in [-0.05, 0) is 51.8 Å². The number of aromatic nitrogens is 1. The van der Waals surface area contributed by atoms with Gasteiger partial charge in [-0.25, -0.2) is 4.98 Å². The molecular formula is C18H26N2OS. The van der Waals surface area contributed by atoms with Crippen molar-refractivity contribution in [2.24, 2.45) is 0 Å². The first-order valence-electron chi connectivity index (χ1n) is 7.75. The lowest BCUT2D eigenvalue weighted by Crippen LogP contribution is -2.21. The fourth-order valence-corrected chi connectivity index (χ4v) is 3.08. The third-order valence-electron chi connectivity index (χ3n) is 3.95. The van der Waals surface area contributed by atoms with Gasteiger partial charge in [-0.1, -0.05) is 24.3 Å². The van der Waals surface area contributed by atoms with Crippen LogP contribution < -0.4 is 0 Å². The third kappa shape index (κ3) is 5.20. The summed E-state index contributed by atoms with van der Waals surface area (Å²) in [7, 11) is 2.13. The van der Waals surface area contributed by atoms with Gasteiger partial charge in [-0.2, -0.15) is 0 Å². The molecule has 1 heterocycles. The standard InChI is InChI=1S/C18H26N2OS/c1-14(17-19-11-12-22-17)20(4)13-16-7-5-15(6-8-16)9-10-18(2,3)21/h5-8,11-12,14,21H,9-10,13H2,1-4H3. The molecule has 3 nitrogen and oxygen atoms in total. The molecule has 0 bridgehead atoms. The van der Waals surface area contributed by atoms with Crippen molar-refractivity contribution in [1.29, 1.82) is 0 Å². The van der Waals surface area contributed by atoms with Crippen LogP contribution in [0.3, 0.4) is 0 Å². The van der Waals surface area contributed by atoms with E-state index in [2.05, 4.69) is 48.1 Å². The van der Waals surface area contributed by atoms with Gasteiger partial charge >= 0.3 is 0 Å². The molecule has 0 amide bonds. The molecule has 0 aliphatic heterocycles. The van der Waals surface area contributed by atoms with Gasteiger partial charge in [0, 0.05) is 18.1 Å². The smallest absolute Gasteiger partial charge is 0.109 e. The lowest BCUT2D eigenvalue weighted by atomic mass is 9.98. The highest BCUT2D eigenvalue weighted by molar-refractivity contribution is 7.09. The molecule has 120 valence electrons. The summed E-state index contributed by atoms with van der Waals surface area (Å²) < 4.78 is 0. The van der Waals surface area contributed by atoms with E-state index >= 15 is 0 Å². The van der Waals surface area contributed by atoms with Gasteiger partial charge in [0.05, 0.1) is 11.6 Å². The molecule has 0 saturated carbocycles. The van der Waals surface area contributed by atoms with Crippen LogP contribution in [0, 0.1) is 0 Å². The van der Waals surface area contributed by atoms with Crippen molar-refractivity contribution in [3.05, 3.63) is 52.0 Å². The minimum atomic E-state index is -0.595. The summed E-state index contributed by atoms with van der Waals surface area (Å²) in [5.41, 5.74) is 1.99. The van der Waals surface area contributed by atoms with Crippen LogP contribution in [0.4, 0.5) is 0 Å². The number of rotatable bonds is 7. The van der Waals surface area contributed by atoms with Crippen LogP contribution in [-0.4, -0.2) is 27.6 Å². The Morgan fingerprint density at radius 1 is 1.23 bits per heavy atom. The van der Waals surface area contributed by atoms with Crippen LogP contribution in [-0.2, 0) is 13.0 Å². The van der Waals surface area contributed by atoms with E-state index in [0.717, 1.165) is 24.4 Å². The predicted octanol–water partition coefficient (Wildman–Crippen LogP) is 4.04. The van der Waals surface area contributed by atoms with Crippen molar-refractivity contribution in [3.8, 4) is 0 Å². The zero-order chi connectivity index (χ0) is 16.2. The number of nitrogens with zero attached hydrogens (tertiary/aromatic N) is 2. The SMILES string of the molecule is CC(c1nccs1)N(C)Cc1ccc(CCC(C)(C)O)cc1. The van der Waals surface area contributed by atoms with Gasteiger partial charge in [0.25, 0.3) is 0 Å². The summed E-state index contributed by atoms with van der Waals surface area (Å²) in [6, 6.07) is 9.04. The highest BCUT2D eigenvalue weighted by atomic mass is 32.1. The number of aryl methyl sites for hydroxylation is 1. The number of thiazole rings is 1. The second-order valence-electron chi connectivity index (χ2n) is 6.59. The van der Waals surface area contributed by atoms with E-state index in [4.69, 9.17) is 0 Å². The van der Waals surface area contributed by atoms with Gasteiger partial charge in [0.1, 0.15) is 5.01 Å². The molecule has 0 spiro atoms. The third-order valence-corrected chi connectivity index (χ3v) is 4.90. The summed E-state index contributed by atoms with van der Waals surface area (Å²) in [6.45, 7) is 6.82. The van der Waals surface area contributed by atoms with Gasteiger partial charge < -0.3 is 5.11 Å². The quantitative estimate of drug-likeness (QED) is 0.837. The van der Waals surface area contributed by atoms with Crippen LogP contribution in [0.1, 0.15) is 49.4 Å². The predicted molar refractivity (Wildman–Crippen MR) is 93.1 cm³/mol. The molecular weight excluding hydrogens is 292 g/mol. The zero-order valence-corrected chi connectivity index (χ0v) is 14.7. The van der Waals surface area contributed by atoms with E-state index in [0.29, 0.717) is 6.04 Å². The van der Waals surface area contributed by atoms with Crippen molar-refractivity contribution in [3.63, 3.8) is 0 Å². The van der Waals surface area contributed by atoms with E-state index in [1.54, 1.807) is 11.3 Å². The molecule has 0 fully saturated rings. The normalized spacial score (nSPS) is 13.5. The summed E-state index contributed by atoms with van der Waals surface area (Å²) in [6.07, 6.45) is 3.56. The minimum absolute atomic E-state index is 0.329. The molecule has 1 aromatic heterocycles. The van der Waals surface area contributed by atoms with Gasteiger partial charge in [-0.3, -0.25) is 4.90 Å². The van der Waals surface area contributed by atoms with E-state index < -0.39 is 5.60 Å². The molecule has 0 radical (unpaired) electrons. The first kappa shape index (κ1) is 17.1. The van der Waals surface area contributed by atoms with E-state index in [1.807, 2.05) is 25.4 Å². The molecule has 0 aliphatic rings. The van der Waals surface area contributed by atoms with E-state index in [-0.39, 0.29) is 0 Å². The van der Waals surface area contributed by atoms with E-state index in [1.165, 1.54) is 11.1 Å². The second-order valence-corrected chi connectivity index (χ2v) is 7.52. The fraction of sp³-hybridized carbons (Fsp3) is 0.500. The number of aliphatic hydroxyl groups is 1. The summed E-state index contributed by atoms with van der Waals surface area (Å²) in [5.74, 6) is 0. The molecule has 1 N–H and O–H groups in total. The van der Waals surface area contributed by atoms with Gasteiger partial charge in [0.2, 0.25) is 0 Å². The Morgan fingerprint density at radius 2 is 1.86 bits per heavy atom. The Hall–Kier alpha value is -1.23. The largest absolute Gasteiger partial charge is 0.390 e. The Kier molecular flexibility index (Phi) is 5.73. The average molecular weight is 318 g/mol. The molecule has 1 atom stereocenters. The first-order valence-corrected chi connectivity index (χ1v) is 8.63. The molecule has 1 unspecified atom stereocenters. The maximum absolute atomic E-state index is 9.79. The van der Waals surface area contributed by atoms with Crippen molar-refractivity contribution in [1.82, 2.24) is 9.88 Å². The number of hydrogen-bond acceptors (Lipinski definition) is 4. The zero-order valence-electron chi connectivity index (χ0n) is 13.9. The van der Waals surface area contributed by atoms with Crippen LogP contribution in [0.25, 0.3) is 0 Å². The molecule has 2 rings (SSSR count). The maximum Gasteiger partial charge on any atom is 0.109 e. The molecule has 0 aliphatic carbocycles. The fourth-order valence-electron chi connectivity index (χ4n) is 2.32. The molecule has 1 aromatic carbocycles. The number of hydrogen-bond donors (Lipinski definition) is 1. The Bertz CT molecular complexity index is 558. The highest BCUT2D eigenvalue weighted by Gasteiger charge is 2.15. The molecule has 22 heavy (non-hydrogen) atoms. The van der Waals surface area contributed by atoms with Crippen molar-refractivity contribution < 1.29 is 5.11 Å². The lowest BCUT2D eigenvalue weighted by molar-refractivity contribution is 0.0714. The highest BCUT2D eigenvalue weighted by Crippen LogP contribution is 2.22. The summed E-state index contributed by atoms with van der Waals surface area (Å²) in [5, 5.41) is 13.0.